The number of hydrogen-bond donors (Lipinski definition) is 2. The third-order valence-electron chi connectivity index (χ3n) is 4.93. The number of amidine groups is 1. The Kier molecular flexibility index (Phi) is 7.67. The summed E-state index contributed by atoms with van der Waals surface area (Å²) in [4.78, 5) is 29.2. The van der Waals surface area contributed by atoms with E-state index < -0.39 is 5.91 Å². The second-order valence-corrected chi connectivity index (χ2v) is 7.29. The standard InChI is InChI=1S/C23H28N4O5/c1-15-5-8-18(9-6-15)27-21(28)14-24-22(26-27)23(29)25-16(2)17-7-10-19(20(13-17)31-4)32-12-11-30-3/h5-10,13,16H,11-12,14H2,1-4H3,(H,24,26)(H,25,29). The molecule has 2 aromatic carbocycles. The molecule has 1 heterocycles. The van der Waals surface area contributed by atoms with Gasteiger partial charge in [0.2, 0.25) is 5.84 Å². The summed E-state index contributed by atoms with van der Waals surface area (Å²) in [7, 11) is 3.17. The average molecular weight is 441 g/mol. The summed E-state index contributed by atoms with van der Waals surface area (Å²) < 4.78 is 16.1. The molecule has 0 aliphatic carbocycles. The van der Waals surface area contributed by atoms with Crippen LogP contribution in [-0.2, 0) is 14.3 Å². The molecule has 170 valence electrons. The molecule has 0 fully saturated rings. The van der Waals surface area contributed by atoms with E-state index in [0.717, 1.165) is 11.1 Å². The van der Waals surface area contributed by atoms with Gasteiger partial charge in [-0.15, -0.1) is 0 Å². The van der Waals surface area contributed by atoms with Crippen molar-refractivity contribution in [3.05, 3.63) is 53.6 Å². The van der Waals surface area contributed by atoms with Crippen LogP contribution in [0.3, 0.4) is 0 Å². The molecule has 32 heavy (non-hydrogen) atoms. The van der Waals surface area contributed by atoms with Crippen molar-refractivity contribution in [1.29, 1.82) is 0 Å². The average Bonchev–Trinajstić information content (AvgIpc) is 2.80. The van der Waals surface area contributed by atoms with Crippen LogP contribution in [0.2, 0.25) is 0 Å². The van der Waals surface area contributed by atoms with Crippen LogP contribution >= 0.6 is 0 Å². The Balaban J connectivity index is 1.67. The highest BCUT2D eigenvalue weighted by atomic mass is 16.5. The fourth-order valence-corrected chi connectivity index (χ4v) is 3.10. The van der Waals surface area contributed by atoms with E-state index in [1.807, 2.05) is 50.2 Å². The number of benzene rings is 2. The van der Waals surface area contributed by atoms with Gasteiger partial charge >= 0.3 is 0 Å². The predicted octanol–water partition coefficient (Wildman–Crippen LogP) is 2.16. The number of nitrogens with one attached hydrogen (secondary N) is 2. The normalized spacial score (nSPS) is 14.3. The van der Waals surface area contributed by atoms with Gasteiger partial charge in [0.25, 0.3) is 11.8 Å². The second-order valence-electron chi connectivity index (χ2n) is 7.29. The van der Waals surface area contributed by atoms with E-state index in [0.29, 0.717) is 30.4 Å². The first-order valence-electron chi connectivity index (χ1n) is 10.2. The Bertz CT molecular complexity index is 990. The first-order chi connectivity index (χ1) is 15.4. The smallest absolute Gasteiger partial charge is 0.288 e. The minimum atomic E-state index is -0.415. The van der Waals surface area contributed by atoms with Gasteiger partial charge in [-0.25, -0.2) is 5.01 Å². The van der Waals surface area contributed by atoms with E-state index in [1.54, 1.807) is 20.3 Å². The van der Waals surface area contributed by atoms with E-state index in [-0.39, 0.29) is 24.3 Å². The third-order valence-corrected chi connectivity index (χ3v) is 4.93. The van der Waals surface area contributed by atoms with E-state index in [4.69, 9.17) is 14.2 Å². The van der Waals surface area contributed by atoms with Crippen molar-refractivity contribution in [3.8, 4) is 11.5 Å². The number of carbonyl (C=O) groups is 2. The van der Waals surface area contributed by atoms with Gasteiger partial charge in [-0.05, 0) is 43.7 Å². The minimum absolute atomic E-state index is 0.0727. The second kappa shape index (κ2) is 10.6. The minimum Gasteiger partial charge on any atom is -0.493 e. The van der Waals surface area contributed by atoms with Gasteiger partial charge in [-0.2, -0.15) is 0 Å². The number of nitrogens with zero attached hydrogens (tertiary/aromatic N) is 2. The first-order valence-corrected chi connectivity index (χ1v) is 10.2. The molecular weight excluding hydrogens is 412 g/mol. The highest BCUT2D eigenvalue weighted by molar-refractivity contribution is 6.39. The summed E-state index contributed by atoms with van der Waals surface area (Å²) in [5, 5.41) is 4.23. The lowest BCUT2D eigenvalue weighted by Gasteiger charge is -2.28. The molecule has 0 saturated carbocycles. The summed E-state index contributed by atoms with van der Waals surface area (Å²) in [6, 6.07) is 12.5. The van der Waals surface area contributed by atoms with Crippen molar-refractivity contribution in [1.82, 2.24) is 10.7 Å². The zero-order valence-corrected chi connectivity index (χ0v) is 18.7. The van der Waals surface area contributed by atoms with Crippen molar-refractivity contribution in [2.75, 3.05) is 39.0 Å². The zero-order valence-electron chi connectivity index (χ0n) is 18.7. The highest BCUT2D eigenvalue weighted by Crippen LogP contribution is 2.30. The lowest BCUT2D eigenvalue weighted by atomic mass is 10.1. The lowest BCUT2D eigenvalue weighted by Crippen LogP contribution is -2.56. The lowest BCUT2D eigenvalue weighted by molar-refractivity contribution is -0.118. The molecule has 9 heteroatoms. The third kappa shape index (κ3) is 5.55. The maximum absolute atomic E-state index is 12.8. The van der Waals surface area contributed by atoms with Crippen LogP contribution in [0.5, 0.6) is 11.5 Å². The summed E-state index contributed by atoms with van der Waals surface area (Å²) in [5.41, 5.74) is 5.37. The van der Waals surface area contributed by atoms with E-state index in [2.05, 4.69) is 15.7 Å². The molecule has 1 unspecified atom stereocenters. The highest BCUT2D eigenvalue weighted by Gasteiger charge is 2.26. The van der Waals surface area contributed by atoms with Gasteiger partial charge in [0.15, 0.2) is 11.5 Å². The monoisotopic (exact) mass is 440 g/mol. The Labute approximate surface area is 187 Å². The Morgan fingerprint density at radius 1 is 1.16 bits per heavy atom. The Morgan fingerprint density at radius 2 is 1.91 bits per heavy atom. The molecule has 9 nitrogen and oxygen atoms in total. The molecular formula is C23H28N4O5. The molecule has 0 bridgehead atoms. The fraction of sp³-hybridized carbons (Fsp3) is 0.348. The van der Waals surface area contributed by atoms with E-state index in [9.17, 15) is 9.59 Å². The first kappa shape index (κ1) is 23.1. The molecule has 0 aromatic heterocycles. The van der Waals surface area contributed by atoms with Gasteiger partial charge in [-0.1, -0.05) is 23.8 Å². The summed E-state index contributed by atoms with van der Waals surface area (Å²) in [5.74, 6) is 0.568. The van der Waals surface area contributed by atoms with Gasteiger partial charge in [0, 0.05) is 7.11 Å². The maximum Gasteiger partial charge on any atom is 0.288 e. The van der Waals surface area contributed by atoms with Crippen LogP contribution < -0.4 is 25.2 Å². The number of rotatable bonds is 9. The molecule has 0 saturated heterocycles. The number of ether oxygens (including phenoxy) is 3. The van der Waals surface area contributed by atoms with Crippen molar-refractivity contribution in [2.24, 2.45) is 4.99 Å². The number of hydrogen-bond acceptors (Lipinski definition) is 7. The van der Waals surface area contributed by atoms with E-state index >= 15 is 0 Å². The van der Waals surface area contributed by atoms with Gasteiger partial charge in [0.1, 0.15) is 13.2 Å². The number of aryl methyl sites for hydroxylation is 1. The molecule has 2 amide bonds. The maximum atomic E-state index is 12.8. The zero-order chi connectivity index (χ0) is 23.1. The molecule has 1 atom stereocenters. The van der Waals surface area contributed by atoms with Gasteiger partial charge < -0.3 is 19.5 Å². The van der Waals surface area contributed by atoms with Crippen LogP contribution in [0.4, 0.5) is 5.69 Å². The fourth-order valence-electron chi connectivity index (χ4n) is 3.10. The van der Waals surface area contributed by atoms with Crippen molar-refractivity contribution < 1.29 is 23.8 Å². The van der Waals surface area contributed by atoms with Crippen LogP contribution in [0.1, 0.15) is 24.1 Å². The van der Waals surface area contributed by atoms with E-state index in [1.165, 1.54) is 5.01 Å². The Morgan fingerprint density at radius 3 is 2.59 bits per heavy atom. The molecule has 1 aliphatic rings. The number of hydrazine groups is 1. The number of carbonyl (C=O) groups excluding carboxylic acids is 2. The summed E-state index contributed by atoms with van der Waals surface area (Å²) in [6.45, 7) is 4.57. The molecule has 3 rings (SSSR count). The van der Waals surface area contributed by atoms with Crippen molar-refractivity contribution in [3.63, 3.8) is 0 Å². The number of amides is 2. The summed E-state index contributed by atoms with van der Waals surface area (Å²) >= 11 is 0. The molecule has 2 N–H and O–H groups in total. The largest absolute Gasteiger partial charge is 0.493 e. The molecule has 0 radical (unpaired) electrons. The van der Waals surface area contributed by atoms with Gasteiger partial charge in [0.05, 0.1) is 25.4 Å². The molecule has 1 aliphatic heterocycles. The Hall–Kier alpha value is -3.59. The van der Waals surface area contributed by atoms with Crippen LogP contribution in [0.25, 0.3) is 0 Å². The SMILES string of the molecule is COCCOc1ccc(C(C)NC(=O)C2=NCC(=O)N(c3ccc(C)cc3)N2)cc1OC. The number of aliphatic imine (C=N–C) groups is 1. The molecule has 2 aromatic rings. The van der Waals surface area contributed by atoms with Crippen molar-refractivity contribution in [2.45, 2.75) is 19.9 Å². The summed E-state index contributed by atoms with van der Waals surface area (Å²) in [6.07, 6.45) is 0. The van der Waals surface area contributed by atoms with Gasteiger partial charge in [-0.3, -0.25) is 20.0 Å². The predicted molar refractivity (Wildman–Crippen MR) is 121 cm³/mol. The van der Waals surface area contributed by atoms with Crippen LogP contribution in [0.15, 0.2) is 47.5 Å². The topological polar surface area (TPSA) is 101 Å². The molecule has 0 spiro atoms. The van der Waals surface area contributed by atoms with Crippen LogP contribution in [-0.4, -0.2) is 51.6 Å². The quantitative estimate of drug-likeness (QED) is 0.580. The number of methoxy groups -OCH3 is 2. The van der Waals surface area contributed by atoms with Crippen LogP contribution in [0, 0.1) is 6.92 Å². The number of anilines is 1. The van der Waals surface area contributed by atoms with Crippen molar-refractivity contribution >= 4 is 23.3 Å².